The van der Waals surface area contributed by atoms with Crippen molar-refractivity contribution < 1.29 is 22.4 Å². The SMILES string of the molecule is COc1ccc(-c2nnc(COn3nnc4ccc(S(=O)(=O)N5CCCC(C)C5)cc43)o2)cc1. The molecule has 1 unspecified atom stereocenters. The van der Waals surface area contributed by atoms with Gasteiger partial charge < -0.3 is 14.0 Å². The van der Waals surface area contributed by atoms with E-state index >= 15 is 0 Å². The molecule has 1 aliphatic rings. The van der Waals surface area contributed by atoms with Gasteiger partial charge in [-0.1, -0.05) is 11.8 Å². The summed E-state index contributed by atoms with van der Waals surface area (Å²) in [7, 11) is -2.03. The van der Waals surface area contributed by atoms with Crippen LogP contribution in [0.4, 0.5) is 0 Å². The van der Waals surface area contributed by atoms with Crippen LogP contribution in [-0.2, 0) is 16.6 Å². The number of rotatable bonds is 7. The predicted octanol–water partition coefficient (Wildman–Crippen LogP) is 2.54. The number of nitrogens with zero attached hydrogens (tertiary/aromatic N) is 6. The molecule has 2 aromatic carbocycles. The lowest BCUT2D eigenvalue weighted by Crippen LogP contribution is -2.39. The van der Waals surface area contributed by atoms with Crippen molar-refractivity contribution in [3.63, 3.8) is 0 Å². The fourth-order valence-electron chi connectivity index (χ4n) is 3.93. The van der Waals surface area contributed by atoms with Crippen molar-refractivity contribution in [1.29, 1.82) is 0 Å². The number of hydrogen-bond acceptors (Lipinski definition) is 9. The third-order valence-electron chi connectivity index (χ3n) is 5.76. The number of fused-ring (bicyclic) bond motifs is 1. The molecule has 0 saturated carbocycles. The van der Waals surface area contributed by atoms with Gasteiger partial charge >= 0.3 is 0 Å². The number of piperidine rings is 1. The Morgan fingerprint density at radius 3 is 2.71 bits per heavy atom. The Labute approximate surface area is 196 Å². The van der Waals surface area contributed by atoms with Crippen LogP contribution < -0.4 is 9.57 Å². The standard InChI is InChI=1S/C22H24N6O5S/c1-15-4-3-11-27(13-15)34(29,30)18-9-10-19-20(12-18)28(26-23-19)32-14-21-24-25-22(33-21)16-5-7-17(31-2)8-6-16/h5-10,12,15H,3-4,11,13-14H2,1-2H3. The monoisotopic (exact) mass is 484 g/mol. The third kappa shape index (κ3) is 4.33. The van der Waals surface area contributed by atoms with Crippen molar-refractivity contribution in [1.82, 2.24) is 29.7 Å². The predicted molar refractivity (Wildman–Crippen MR) is 121 cm³/mol. The Morgan fingerprint density at radius 2 is 1.94 bits per heavy atom. The van der Waals surface area contributed by atoms with E-state index < -0.39 is 10.0 Å². The Kier molecular flexibility index (Phi) is 5.92. The molecule has 0 amide bonds. The number of methoxy groups -OCH3 is 1. The number of aromatic nitrogens is 5. The van der Waals surface area contributed by atoms with E-state index in [1.54, 1.807) is 31.4 Å². The molecule has 178 valence electrons. The summed E-state index contributed by atoms with van der Waals surface area (Å²) in [6.45, 7) is 3.03. The Bertz CT molecular complexity index is 1400. The summed E-state index contributed by atoms with van der Waals surface area (Å²) in [5.41, 5.74) is 1.68. The third-order valence-corrected chi connectivity index (χ3v) is 7.62. The largest absolute Gasteiger partial charge is 0.497 e. The molecule has 0 radical (unpaired) electrons. The first-order valence-corrected chi connectivity index (χ1v) is 12.3. The van der Waals surface area contributed by atoms with Crippen LogP contribution in [0.25, 0.3) is 22.5 Å². The van der Waals surface area contributed by atoms with Crippen LogP contribution >= 0.6 is 0 Å². The molecule has 0 spiro atoms. The number of ether oxygens (including phenoxy) is 1. The Morgan fingerprint density at radius 1 is 1.12 bits per heavy atom. The molecule has 4 aromatic rings. The van der Waals surface area contributed by atoms with E-state index in [9.17, 15) is 8.42 Å². The zero-order chi connectivity index (χ0) is 23.7. The quantitative estimate of drug-likeness (QED) is 0.389. The van der Waals surface area contributed by atoms with E-state index in [0.29, 0.717) is 35.9 Å². The van der Waals surface area contributed by atoms with Crippen LogP contribution in [0.5, 0.6) is 5.75 Å². The molecule has 1 aliphatic heterocycles. The molecule has 1 fully saturated rings. The first-order valence-electron chi connectivity index (χ1n) is 10.9. The van der Waals surface area contributed by atoms with Crippen LogP contribution in [-0.4, -0.2) is 58.3 Å². The van der Waals surface area contributed by atoms with Gasteiger partial charge in [-0.05, 0) is 66.4 Å². The van der Waals surface area contributed by atoms with Crippen molar-refractivity contribution in [2.45, 2.75) is 31.3 Å². The van der Waals surface area contributed by atoms with E-state index in [1.807, 2.05) is 12.1 Å². The zero-order valence-electron chi connectivity index (χ0n) is 18.8. The fraction of sp³-hybridized carbons (Fsp3) is 0.364. The van der Waals surface area contributed by atoms with Crippen LogP contribution in [0.15, 0.2) is 51.8 Å². The molecule has 3 heterocycles. The first kappa shape index (κ1) is 22.3. The fourth-order valence-corrected chi connectivity index (χ4v) is 5.54. The van der Waals surface area contributed by atoms with Gasteiger partial charge in [0.25, 0.3) is 5.89 Å². The molecule has 12 heteroatoms. The average Bonchev–Trinajstić information content (AvgIpc) is 3.49. The minimum Gasteiger partial charge on any atom is -0.497 e. The molecule has 0 N–H and O–H groups in total. The highest BCUT2D eigenvalue weighted by atomic mass is 32.2. The Balaban J connectivity index is 1.33. The molecule has 5 rings (SSSR count). The zero-order valence-corrected chi connectivity index (χ0v) is 19.6. The summed E-state index contributed by atoms with van der Waals surface area (Å²) in [5.74, 6) is 1.63. The molecule has 0 aliphatic carbocycles. The lowest BCUT2D eigenvalue weighted by molar-refractivity contribution is 0.0617. The molecule has 11 nitrogen and oxygen atoms in total. The minimum atomic E-state index is -3.62. The molecule has 0 bridgehead atoms. The summed E-state index contributed by atoms with van der Waals surface area (Å²) in [6.07, 6.45) is 1.89. The van der Waals surface area contributed by atoms with Gasteiger partial charge in [0.1, 0.15) is 16.8 Å². The van der Waals surface area contributed by atoms with Crippen LogP contribution in [0.1, 0.15) is 25.7 Å². The van der Waals surface area contributed by atoms with Gasteiger partial charge in [-0.25, -0.2) is 8.42 Å². The van der Waals surface area contributed by atoms with Gasteiger partial charge in [0.15, 0.2) is 6.61 Å². The molecule has 1 saturated heterocycles. The van der Waals surface area contributed by atoms with Crippen molar-refractivity contribution >= 4 is 21.1 Å². The highest BCUT2D eigenvalue weighted by Gasteiger charge is 2.29. The van der Waals surface area contributed by atoms with Crippen molar-refractivity contribution in [3.05, 3.63) is 48.4 Å². The lowest BCUT2D eigenvalue weighted by Gasteiger charge is -2.30. The van der Waals surface area contributed by atoms with Gasteiger partial charge in [0, 0.05) is 18.7 Å². The minimum absolute atomic E-state index is 0.0672. The second-order valence-corrected chi connectivity index (χ2v) is 10.2. The number of benzene rings is 2. The summed E-state index contributed by atoms with van der Waals surface area (Å²) in [4.78, 5) is 7.03. The number of hydrogen-bond donors (Lipinski definition) is 0. The Hall–Kier alpha value is -3.51. The maximum Gasteiger partial charge on any atom is 0.257 e. The normalized spacial score (nSPS) is 17.2. The van der Waals surface area contributed by atoms with Crippen molar-refractivity contribution in [2.75, 3.05) is 20.2 Å². The van der Waals surface area contributed by atoms with E-state index in [4.69, 9.17) is 14.0 Å². The molecular weight excluding hydrogens is 460 g/mol. The van der Waals surface area contributed by atoms with Crippen LogP contribution in [0.2, 0.25) is 0 Å². The van der Waals surface area contributed by atoms with Crippen molar-refractivity contribution in [3.8, 4) is 17.2 Å². The van der Waals surface area contributed by atoms with Gasteiger partial charge in [-0.2, -0.15) is 4.31 Å². The van der Waals surface area contributed by atoms with Gasteiger partial charge in [-0.15, -0.1) is 15.3 Å². The van der Waals surface area contributed by atoms with Crippen LogP contribution in [0, 0.1) is 5.92 Å². The van der Waals surface area contributed by atoms with E-state index in [0.717, 1.165) is 24.2 Å². The number of sulfonamides is 1. The molecule has 2 aromatic heterocycles. The molecular formula is C22H24N6O5S. The smallest absolute Gasteiger partial charge is 0.257 e. The van der Waals surface area contributed by atoms with Gasteiger partial charge in [0.2, 0.25) is 15.9 Å². The first-order chi connectivity index (χ1) is 16.4. The second-order valence-electron chi connectivity index (χ2n) is 8.23. The van der Waals surface area contributed by atoms with E-state index in [1.165, 1.54) is 15.2 Å². The van der Waals surface area contributed by atoms with Gasteiger partial charge in [-0.3, -0.25) is 0 Å². The second kappa shape index (κ2) is 9.03. The lowest BCUT2D eigenvalue weighted by atomic mass is 10.0. The highest BCUT2D eigenvalue weighted by Crippen LogP contribution is 2.26. The summed E-state index contributed by atoms with van der Waals surface area (Å²) in [6, 6.07) is 11.9. The summed E-state index contributed by atoms with van der Waals surface area (Å²) in [5, 5.41) is 16.1. The van der Waals surface area contributed by atoms with E-state index in [2.05, 4.69) is 27.4 Å². The molecule has 1 atom stereocenters. The van der Waals surface area contributed by atoms with Crippen molar-refractivity contribution in [2.24, 2.45) is 5.92 Å². The van der Waals surface area contributed by atoms with Gasteiger partial charge in [0.05, 0.1) is 12.0 Å². The topological polar surface area (TPSA) is 125 Å². The van der Waals surface area contributed by atoms with E-state index in [-0.39, 0.29) is 17.4 Å². The highest BCUT2D eigenvalue weighted by molar-refractivity contribution is 7.89. The maximum absolute atomic E-state index is 13.2. The van der Waals surface area contributed by atoms with Crippen LogP contribution in [0.3, 0.4) is 0 Å². The summed E-state index contributed by atoms with van der Waals surface area (Å²) >= 11 is 0. The average molecular weight is 485 g/mol. The summed E-state index contributed by atoms with van der Waals surface area (Å²) < 4.78 is 38.7. The maximum atomic E-state index is 13.2. The molecule has 34 heavy (non-hydrogen) atoms.